The van der Waals surface area contributed by atoms with Crippen molar-refractivity contribution in [2.24, 2.45) is 0 Å². The van der Waals surface area contributed by atoms with Gasteiger partial charge in [-0.2, -0.15) is 0 Å². The van der Waals surface area contributed by atoms with E-state index in [0.29, 0.717) is 0 Å². The predicted octanol–water partition coefficient (Wildman–Crippen LogP) is 2.74. The molecule has 0 aliphatic carbocycles. The summed E-state index contributed by atoms with van der Waals surface area (Å²) in [6, 6.07) is 8.20. The maximum Gasteiger partial charge on any atom is 0.119 e. The van der Waals surface area contributed by atoms with E-state index < -0.39 is 0 Å². The summed E-state index contributed by atoms with van der Waals surface area (Å²) >= 11 is 0. The van der Waals surface area contributed by atoms with Gasteiger partial charge in [-0.25, -0.2) is 0 Å². The molecule has 0 N–H and O–H groups in total. The molecule has 0 amide bonds. The molecule has 106 valence electrons. The van der Waals surface area contributed by atoms with Crippen LogP contribution in [0.1, 0.15) is 24.8 Å². The molecule has 1 aliphatic rings. The number of piperidine rings is 1. The van der Waals surface area contributed by atoms with Gasteiger partial charge in [0, 0.05) is 6.54 Å². The number of benzene rings is 1. The Morgan fingerprint density at radius 2 is 1.95 bits per heavy atom. The van der Waals surface area contributed by atoms with Crippen molar-refractivity contribution in [3.63, 3.8) is 0 Å². The first kappa shape index (κ1) is 14.4. The van der Waals surface area contributed by atoms with Gasteiger partial charge in [-0.1, -0.05) is 18.6 Å². The smallest absolute Gasteiger partial charge is 0.119 e. The van der Waals surface area contributed by atoms with E-state index in [1.807, 2.05) is 12.1 Å². The van der Waals surface area contributed by atoms with Crippen molar-refractivity contribution < 1.29 is 9.47 Å². The van der Waals surface area contributed by atoms with Gasteiger partial charge < -0.3 is 14.4 Å². The maximum atomic E-state index is 5.73. The highest BCUT2D eigenvalue weighted by Gasteiger charge is 2.08. The van der Waals surface area contributed by atoms with E-state index in [2.05, 4.69) is 17.0 Å². The molecule has 2 rings (SSSR count). The molecule has 0 aromatic heterocycles. The zero-order valence-electron chi connectivity index (χ0n) is 11.9. The second kappa shape index (κ2) is 8.18. The zero-order chi connectivity index (χ0) is 13.3. The van der Waals surface area contributed by atoms with Crippen LogP contribution in [0.3, 0.4) is 0 Å². The summed E-state index contributed by atoms with van der Waals surface area (Å²) in [6.07, 6.45) is 5.05. The Bertz CT molecular complexity index is 362. The highest BCUT2D eigenvalue weighted by atomic mass is 16.5. The van der Waals surface area contributed by atoms with Crippen LogP contribution < -0.4 is 4.74 Å². The fraction of sp³-hybridized carbons (Fsp3) is 0.625. The molecule has 1 aliphatic heterocycles. The third-order valence-electron chi connectivity index (χ3n) is 3.67. The number of rotatable bonds is 7. The van der Waals surface area contributed by atoms with Crippen LogP contribution in [0.15, 0.2) is 24.3 Å². The monoisotopic (exact) mass is 263 g/mol. The van der Waals surface area contributed by atoms with Crippen LogP contribution in [0.4, 0.5) is 0 Å². The lowest BCUT2D eigenvalue weighted by molar-refractivity contribution is 0.0984. The molecule has 19 heavy (non-hydrogen) atoms. The largest absolute Gasteiger partial charge is 0.497 e. The Morgan fingerprint density at radius 1 is 1.11 bits per heavy atom. The Morgan fingerprint density at radius 3 is 2.74 bits per heavy atom. The molecule has 0 radical (unpaired) electrons. The normalized spacial score (nSPS) is 16.5. The topological polar surface area (TPSA) is 21.7 Å². The second-order valence-corrected chi connectivity index (χ2v) is 5.12. The van der Waals surface area contributed by atoms with E-state index in [1.165, 1.54) is 37.9 Å². The molecule has 1 heterocycles. The summed E-state index contributed by atoms with van der Waals surface area (Å²) in [5.74, 6) is 0.922. The van der Waals surface area contributed by atoms with Crippen LogP contribution in [0, 0.1) is 0 Å². The van der Waals surface area contributed by atoms with E-state index in [1.54, 1.807) is 7.11 Å². The Labute approximate surface area is 116 Å². The van der Waals surface area contributed by atoms with E-state index in [-0.39, 0.29) is 0 Å². The van der Waals surface area contributed by atoms with E-state index in [9.17, 15) is 0 Å². The van der Waals surface area contributed by atoms with Gasteiger partial charge in [0.1, 0.15) is 5.75 Å². The molecule has 3 nitrogen and oxygen atoms in total. The van der Waals surface area contributed by atoms with Gasteiger partial charge in [-0.15, -0.1) is 0 Å². The Kier molecular flexibility index (Phi) is 6.18. The number of ether oxygens (including phenoxy) is 2. The minimum absolute atomic E-state index is 0.793. The predicted molar refractivity (Wildman–Crippen MR) is 77.8 cm³/mol. The summed E-state index contributed by atoms with van der Waals surface area (Å²) in [6.45, 7) is 5.22. The molecule has 0 bridgehead atoms. The van der Waals surface area contributed by atoms with Crippen molar-refractivity contribution >= 4 is 0 Å². The number of methoxy groups -OCH3 is 1. The third-order valence-corrected chi connectivity index (χ3v) is 3.67. The fourth-order valence-corrected chi connectivity index (χ4v) is 2.50. The summed E-state index contributed by atoms with van der Waals surface area (Å²) in [7, 11) is 1.70. The zero-order valence-corrected chi connectivity index (χ0v) is 11.9. The standard InChI is InChI=1S/C16H25NO2/c1-18-16-7-5-6-15(14-16)8-12-19-13-11-17-9-3-2-4-10-17/h5-7,14H,2-4,8-13H2,1H3. The molecule has 1 saturated heterocycles. The van der Waals surface area contributed by atoms with E-state index in [0.717, 1.165) is 31.9 Å². The lowest BCUT2D eigenvalue weighted by atomic mass is 10.1. The van der Waals surface area contributed by atoms with Crippen molar-refractivity contribution in [1.29, 1.82) is 0 Å². The highest BCUT2D eigenvalue weighted by molar-refractivity contribution is 5.28. The van der Waals surface area contributed by atoms with Gasteiger partial charge in [-0.05, 0) is 50.0 Å². The molecule has 3 heteroatoms. The van der Waals surface area contributed by atoms with Gasteiger partial charge in [0.25, 0.3) is 0 Å². The van der Waals surface area contributed by atoms with Crippen LogP contribution >= 0.6 is 0 Å². The molecule has 0 atom stereocenters. The first-order chi connectivity index (χ1) is 9.38. The fourth-order valence-electron chi connectivity index (χ4n) is 2.50. The average Bonchev–Trinajstić information content (AvgIpc) is 2.48. The minimum atomic E-state index is 0.793. The van der Waals surface area contributed by atoms with Crippen molar-refractivity contribution in [2.75, 3.05) is 40.0 Å². The van der Waals surface area contributed by atoms with Gasteiger partial charge >= 0.3 is 0 Å². The lowest BCUT2D eigenvalue weighted by Gasteiger charge is -2.26. The maximum absolute atomic E-state index is 5.73. The van der Waals surface area contributed by atoms with Crippen molar-refractivity contribution in [2.45, 2.75) is 25.7 Å². The number of hydrogen-bond donors (Lipinski definition) is 0. The van der Waals surface area contributed by atoms with E-state index >= 15 is 0 Å². The average molecular weight is 263 g/mol. The molecule has 0 saturated carbocycles. The molecular weight excluding hydrogens is 238 g/mol. The Balaban J connectivity index is 1.58. The highest BCUT2D eigenvalue weighted by Crippen LogP contribution is 2.13. The van der Waals surface area contributed by atoms with Gasteiger partial charge in [0.15, 0.2) is 0 Å². The first-order valence-electron chi connectivity index (χ1n) is 7.31. The lowest BCUT2D eigenvalue weighted by Crippen LogP contribution is -2.32. The molecule has 1 aromatic carbocycles. The summed E-state index contributed by atoms with van der Waals surface area (Å²) < 4.78 is 10.9. The SMILES string of the molecule is COc1cccc(CCOCCN2CCCCC2)c1. The van der Waals surface area contributed by atoms with Crippen LogP contribution in [-0.2, 0) is 11.2 Å². The quantitative estimate of drug-likeness (QED) is 0.706. The molecular formula is C16H25NO2. The number of nitrogens with zero attached hydrogens (tertiary/aromatic N) is 1. The summed E-state index contributed by atoms with van der Waals surface area (Å²) in [5, 5.41) is 0. The number of likely N-dealkylation sites (tertiary alicyclic amines) is 1. The van der Waals surface area contributed by atoms with Gasteiger partial charge in [-0.3, -0.25) is 0 Å². The van der Waals surface area contributed by atoms with Crippen molar-refractivity contribution in [3.8, 4) is 5.75 Å². The molecule has 1 aromatic rings. The summed E-state index contributed by atoms with van der Waals surface area (Å²) in [4.78, 5) is 2.51. The second-order valence-electron chi connectivity index (χ2n) is 5.12. The third kappa shape index (κ3) is 5.21. The number of hydrogen-bond acceptors (Lipinski definition) is 3. The van der Waals surface area contributed by atoms with Crippen LogP contribution in [0.25, 0.3) is 0 Å². The summed E-state index contributed by atoms with van der Waals surface area (Å²) in [5.41, 5.74) is 1.28. The molecule has 0 unspecified atom stereocenters. The van der Waals surface area contributed by atoms with Gasteiger partial charge in [0.2, 0.25) is 0 Å². The van der Waals surface area contributed by atoms with Crippen molar-refractivity contribution in [1.82, 2.24) is 4.90 Å². The first-order valence-corrected chi connectivity index (χ1v) is 7.31. The van der Waals surface area contributed by atoms with E-state index in [4.69, 9.17) is 9.47 Å². The molecule has 1 fully saturated rings. The molecule has 0 spiro atoms. The Hall–Kier alpha value is -1.06. The van der Waals surface area contributed by atoms with Crippen LogP contribution in [-0.4, -0.2) is 44.9 Å². The van der Waals surface area contributed by atoms with Crippen molar-refractivity contribution in [3.05, 3.63) is 29.8 Å². The van der Waals surface area contributed by atoms with Gasteiger partial charge in [0.05, 0.1) is 20.3 Å². The van der Waals surface area contributed by atoms with Crippen LogP contribution in [0.2, 0.25) is 0 Å². The van der Waals surface area contributed by atoms with Crippen LogP contribution in [0.5, 0.6) is 5.75 Å². The minimum Gasteiger partial charge on any atom is -0.497 e.